The number of amides is 1. The second-order valence-electron chi connectivity index (χ2n) is 6.74. The molecule has 1 aliphatic heterocycles. The fraction of sp³-hybridized carbons (Fsp3) is 0.688. The van der Waals surface area contributed by atoms with Crippen LogP contribution in [0.1, 0.15) is 30.5 Å². The van der Waals surface area contributed by atoms with Crippen molar-refractivity contribution < 1.29 is 14.3 Å². The van der Waals surface area contributed by atoms with E-state index in [1.54, 1.807) is 4.68 Å². The fourth-order valence-corrected chi connectivity index (χ4v) is 4.11. The van der Waals surface area contributed by atoms with E-state index in [0.29, 0.717) is 26.1 Å². The van der Waals surface area contributed by atoms with Crippen LogP contribution in [0.5, 0.6) is 0 Å². The van der Waals surface area contributed by atoms with Crippen LogP contribution >= 0.6 is 0 Å². The van der Waals surface area contributed by atoms with Gasteiger partial charge in [0.1, 0.15) is 11.6 Å². The fourth-order valence-electron chi connectivity index (χ4n) is 4.11. The summed E-state index contributed by atoms with van der Waals surface area (Å²) in [5.74, 6) is 0.874. The van der Waals surface area contributed by atoms with Gasteiger partial charge < -0.3 is 10.1 Å². The lowest BCUT2D eigenvalue weighted by molar-refractivity contribution is -0.145. The second kappa shape index (κ2) is 5.19. The maximum Gasteiger partial charge on any atom is 0.228 e. The first kappa shape index (κ1) is 13.9. The van der Waals surface area contributed by atoms with Crippen molar-refractivity contribution in [1.82, 2.24) is 9.78 Å². The minimum atomic E-state index is -0.0968. The molecule has 2 aliphatic carbocycles. The zero-order valence-electron chi connectivity index (χ0n) is 12.8. The number of carbonyl (C=O) groups excluding carboxylic acids is 2. The van der Waals surface area contributed by atoms with Crippen LogP contribution < -0.4 is 5.32 Å². The van der Waals surface area contributed by atoms with Crippen molar-refractivity contribution in [2.45, 2.75) is 32.1 Å². The molecule has 1 amide bonds. The Morgan fingerprint density at radius 3 is 2.73 bits per heavy atom. The SMILES string of the molecule is Cn1nc2c(c1NC(=O)C1CC3COCC(C1)C3=O)CCC2. The Morgan fingerprint density at radius 1 is 1.27 bits per heavy atom. The van der Waals surface area contributed by atoms with Gasteiger partial charge in [0.05, 0.1) is 18.9 Å². The molecular weight excluding hydrogens is 282 g/mol. The third kappa shape index (κ3) is 2.17. The van der Waals surface area contributed by atoms with Gasteiger partial charge in [-0.15, -0.1) is 0 Å². The van der Waals surface area contributed by atoms with Gasteiger partial charge in [0.15, 0.2) is 0 Å². The molecule has 1 N–H and O–H groups in total. The van der Waals surface area contributed by atoms with Gasteiger partial charge in [-0.25, -0.2) is 0 Å². The number of ether oxygens (including phenoxy) is 1. The third-order valence-corrected chi connectivity index (χ3v) is 5.26. The molecule has 2 bridgehead atoms. The number of anilines is 1. The highest BCUT2D eigenvalue weighted by molar-refractivity contribution is 5.95. The van der Waals surface area contributed by atoms with Crippen molar-refractivity contribution in [2.75, 3.05) is 18.5 Å². The number of fused-ring (bicyclic) bond motifs is 3. The number of aryl methyl sites for hydroxylation is 2. The van der Waals surface area contributed by atoms with E-state index in [4.69, 9.17) is 4.74 Å². The lowest BCUT2D eigenvalue weighted by Gasteiger charge is -2.36. The van der Waals surface area contributed by atoms with Gasteiger partial charge in [-0.1, -0.05) is 0 Å². The molecule has 1 aromatic rings. The molecule has 1 saturated carbocycles. The molecule has 0 aromatic carbocycles. The van der Waals surface area contributed by atoms with Gasteiger partial charge in [0.2, 0.25) is 5.91 Å². The summed E-state index contributed by atoms with van der Waals surface area (Å²) in [7, 11) is 1.88. The molecule has 1 aromatic heterocycles. The number of nitrogens with zero attached hydrogens (tertiary/aromatic N) is 2. The molecule has 2 atom stereocenters. The molecule has 22 heavy (non-hydrogen) atoms. The van der Waals surface area contributed by atoms with Crippen molar-refractivity contribution in [1.29, 1.82) is 0 Å². The number of aromatic nitrogens is 2. The van der Waals surface area contributed by atoms with Gasteiger partial charge >= 0.3 is 0 Å². The van der Waals surface area contributed by atoms with Crippen molar-refractivity contribution in [2.24, 2.45) is 24.8 Å². The van der Waals surface area contributed by atoms with Crippen molar-refractivity contribution in [3.63, 3.8) is 0 Å². The molecule has 1 saturated heterocycles. The number of Topliss-reactive ketones (excluding diaryl/α,β-unsaturated/α-hetero) is 1. The van der Waals surface area contributed by atoms with E-state index in [-0.39, 0.29) is 29.4 Å². The van der Waals surface area contributed by atoms with Gasteiger partial charge in [-0.3, -0.25) is 14.3 Å². The van der Waals surface area contributed by atoms with Crippen molar-refractivity contribution >= 4 is 17.5 Å². The van der Waals surface area contributed by atoms with E-state index in [1.807, 2.05) is 7.05 Å². The van der Waals surface area contributed by atoms with E-state index in [1.165, 1.54) is 5.56 Å². The average molecular weight is 303 g/mol. The van der Waals surface area contributed by atoms with E-state index >= 15 is 0 Å². The molecule has 6 nitrogen and oxygen atoms in total. The third-order valence-electron chi connectivity index (χ3n) is 5.26. The highest BCUT2D eigenvalue weighted by atomic mass is 16.5. The minimum absolute atomic E-state index is 0.0297. The molecule has 2 fully saturated rings. The normalized spacial score (nSPS) is 30.2. The number of hydrogen-bond donors (Lipinski definition) is 1. The zero-order chi connectivity index (χ0) is 15.3. The highest BCUT2D eigenvalue weighted by Gasteiger charge is 2.42. The van der Waals surface area contributed by atoms with Crippen molar-refractivity contribution in [3.05, 3.63) is 11.3 Å². The number of nitrogens with one attached hydrogen (secondary N) is 1. The van der Waals surface area contributed by atoms with Crippen LogP contribution in [0.2, 0.25) is 0 Å². The predicted octanol–water partition coefficient (Wildman–Crippen LogP) is 1.09. The van der Waals surface area contributed by atoms with Gasteiger partial charge in [0, 0.05) is 30.4 Å². The summed E-state index contributed by atoms with van der Waals surface area (Å²) in [4.78, 5) is 24.7. The smallest absolute Gasteiger partial charge is 0.228 e. The average Bonchev–Trinajstić information content (AvgIpc) is 3.01. The Hall–Kier alpha value is -1.69. The van der Waals surface area contributed by atoms with Crippen LogP contribution in [-0.2, 0) is 34.2 Å². The maximum absolute atomic E-state index is 12.7. The van der Waals surface area contributed by atoms with Crippen molar-refractivity contribution in [3.8, 4) is 0 Å². The van der Waals surface area contributed by atoms with E-state index < -0.39 is 0 Å². The first-order valence-electron chi connectivity index (χ1n) is 8.10. The molecule has 0 radical (unpaired) electrons. The molecular formula is C16H21N3O3. The largest absolute Gasteiger partial charge is 0.380 e. The Kier molecular flexibility index (Phi) is 3.29. The lowest BCUT2D eigenvalue weighted by atomic mass is 9.73. The summed E-state index contributed by atoms with van der Waals surface area (Å²) < 4.78 is 7.23. The van der Waals surface area contributed by atoms with E-state index in [9.17, 15) is 9.59 Å². The number of ketones is 1. The number of rotatable bonds is 2. The molecule has 4 rings (SSSR count). The van der Waals surface area contributed by atoms with Gasteiger partial charge in [-0.2, -0.15) is 5.10 Å². The van der Waals surface area contributed by atoms with Crippen LogP contribution in [0.3, 0.4) is 0 Å². The van der Waals surface area contributed by atoms with E-state index in [0.717, 1.165) is 30.8 Å². The van der Waals surface area contributed by atoms with Crippen LogP contribution in [0.4, 0.5) is 5.82 Å². The first-order valence-corrected chi connectivity index (χ1v) is 8.10. The summed E-state index contributed by atoms with van der Waals surface area (Å²) in [6.07, 6.45) is 4.32. The standard InChI is InChI=1S/C16H21N3O3/c1-19-15(12-3-2-4-13(12)18-19)17-16(21)9-5-10-7-22-8-11(6-9)14(10)20/h9-11H,2-8H2,1H3,(H,17,21). The van der Waals surface area contributed by atoms with Crippen LogP contribution in [-0.4, -0.2) is 34.7 Å². The molecule has 2 heterocycles. The second-order valence-corrected chi connectivity index (χ2v) is 6.74. The molecule has 118 valence electrons. The Morgan fingerprint density at radius 2 is 2.00 bits per heavy atom. The highest BCUT2D eigenvalue weighted by Crippen LogP contribution is 2.35. The monoisotopic (exact) mass is 303 g/mol. The van der Waals surface area contributed by atoms with Crippen LogP contribution in [0.25, 0.3) is 0 Å². The van der Waals surface area contributed by atoms with Gasteiger partial charge in [-0.05, 0) is 32.1 Å². The predicted molar refractivity (Wildman–Crippen MR) is 79.4 cm³/mol. The molecule has 6 heteroatoms. The van der Waals surface area contributed by atoms with Gasteiger partial charge in [0.25, 0.3) is 0 Å². The lowest BCUT2D eigenvalue weighted by Crippen LogP contribution is -2.45. The van der Waals surface area contributed by atoms with Crippen LogP contribution in [0, 0.1) is 17.8 Å². The summed E-state index contributed by atoms with van der Waals surface area (Å²) in [6.45, 7) is 0.945. The Bertz CT molecular complexity index is 621. The number of carbonyl (C=O) groups is 2. The summed E-state index contributed by atoms with van der Waals surface area (Å²) >= 11 is 0. The number of hydrogen-bond acceptors (Lipinski definition) is 4. The van der Waals surface area contributed by atoms with E-state index in [2.05, 4.69) is 10.4 Å². The van der Waals surface area contributed by atoms with Crippen LogP contribution in [0.15, 0.2) is 0 Å². The minimum Gasteiger partial charge on any atom is -0.380 e. The summed E-state index contributed by atoms with van der Waals surface area (Å²) in [5, 5.41) is 7.56. The molecule has 2 unspecified atom stereocenters. The summed E-state index contributed by atoms with van der Waals surface area (Å²) in [5.41, 5.74) is 2.30. The quantitative estimate of drug-likeness (QED) is 0.887. The maximum atomic E-state index is 12.7. The molecule has 0 spiro atoms. The topological polar surface area (TPSA) is 73.2 Å². The summed E-state index contributed by atoms with van der Waals surface area (Å²) in [6, 6.07) is 0. The zero-order valence-corrected chi connectivity index (χ0v) is 12.8. The first-order chi connectivity index (χ1) is 10.6. The molecule has 3 aliphatic rings. The Labute approximate surface area is 129 Å². The Balaban J connectivity index is 1.50.